The van der Waals surface area contributed by atoms with E-state index in [1.54, 1.807) is 4.90 Å². The standard InChI is InChI=1S/C8H12N2O4S/c1-5-3-6(2)9-4-7(5)10(8(9)11)14-15(12)13/h3,6-7H,4H2,1-2H3,(H,12,13)/t6-,7?/m1/s1. The first-order valence-corrected chi connectivity index (χ1v) is 5.61. The molecule has 1 fully saturated rings. The van der Waals surface area contributed by atoms with Crippen LogP contribution in [0.1, 0.15) is 13.8 Å². The predicted octanol–water partition coefficient (Wildman–Crippen LogP) is 0.509. The first kappa shape index (κ1) is 10.6. The van der Waals surface area contributed by atoms with Gasteiger partial charge in [0.1, 0.15) is 6.04 Å². The number of hydrogen-bond donors (Lipinski definition) is 1. The Kier molecular flexibility index (Phi) is 2.53. The molecule has 84 valence electrons. The van der Waals surface area contributed by atoms with E-state index in [-0.39, 0.29) is 18.1 Å². The number of nitrogens with zero attached hydrogens (tertiary/aromatic N) is 2. The van der Waals surface area contributed by atoms with E-state index >= 15 is 0 Å². The van der Waals surface area contributed by atoms with Gasteiger partial charge >= 0.3 is 17.4 Å². The molecule has 1 N–H and O–H groups in total. The summed E-state index contributed by atoms with van der Waals surface area (Å²) in [5.74, 6) is 0. The Bertz CT molecular complexity index is 357. The Morgan fingerprint density at radius 3 is 2.93 bits per heavy atom. The van der Waals surface area contributed by atoms with Gasteiger partial charge in [-0.15, -0.1) is 4.28 Å². The summed E-state index contributed by atoms with van der Waals surface area (Å²) in [6.45, 7) is 4.30. The summed E-state index contributed by atoms with van der Waals surface area (Å²) in [6.07, 6.45) is 1.95. The average molecular weight is 232 g/mol. The summed E-state index contributed by atoms with van der Waals surface area (Å²) in [5, 5.41) is 0.978. The van der Waals surface area contributed by atoms with Crippen molar-refractivity contribution >= 4 is 17.4 Å². The molecule has 0 aromatic rings. The maximum Gasteiger partial charge on any atom is 0.346 e. The van der Waals surface area contributed by atoms with Gasteiger partial charge in [-0.05, 0) is 19.4 Å². The zero-order valence-corrected chi connectivity index (χ0v) is 9.23. The second kappa shape index (κ2) is 3.58. The van der Waals surface area contributed by atoms with Crippen LogP contribution in [0.3, 0.4) is 0 Å². The van der Waals surface area contributed by atoms with Crippen molar-refractivity contribution in [2.24, 2.45) is 0 Å². The number of carbonyl (C=O) groups excluding carboxylic acids is 1. The fourth-order valence-electron chi connectivity index (χ4n) is 2.00. The Morgan fingerprint density at radius 2 is 2.33 bits per heavy atom. The topological polar surface area (TPSA) is 70.1 Å². The number of amides is 2. The second-order valence-corrected chi connectivity index (χ2v) is 4.30. The van der Waals surface area contributed by atoms with Crippen LogP contribution < -0.4 is 0 Å². The van der Waals surface area contributed by atoms with E-state index in [0.29, 0.717) is 6.54 Å². The Labute approximate surface area is 89.9 Å². The van der Waals surface area contributed by atoms with Gasteiger partial charge in [0.05, 0.1) is 6.54 Å². The Balaban J connectivity index is 2.26. The molecule has 0 radical (unpaired) electrons. The van der Waals surface area contributed by atoms with E-state index in [1.807, 2.05) is 19.9 Å². The molecule has 1 saturated heterocycles. The van der Waals surface area contributed by atoms with E-state index in [4.69, 9.17) is 4.55 Å². The molecule has 15 heavy (non-hydrogen) atoms. The lowest BCUT2D eigenvalue weighted by Gasteiger charge is -2.25. The van der Waals surface area contributed by atoms with Gasteiger partial charge in [0.25, 0.3) is 0 Å². The molecule has 0 aromatic carbocycles. The smallest absolute Gasteiger partial charge is 0.314 e. The van der Waals surface area contributed by atoms with Crippen LogP contribution in [0.4, 0.5) is 4.79 Å². The third-order valence-electron chi connectivity index (χ3n) is 2.75. The minimum absolute atomic E-state index is 0.00878. The summed E-state index contributed by atoms with van der Waals surface area (Å²) in [7, 11) is 0. The molecular weight excluding hydrogens is 220 g/mol. The Morgan fingerprint density at radius 1 is 1.67 bits per heavy atom. The summed E-state index contributed by atoms with van der Waals surface area (Å²) in [6, 6.07) is -0.595. The minimum atomic E-state index is -2.46. The molecule has 2 bridgehead atoms. The highest BCUT2D eigenvalue weighted by Crippen LogP contribution is 2.29. The van der Waals surface area contributed by atoms with Gasteiger partial charge in [-0.2, -0.15) is 9.27 Å². The van der Waals surface area contributed by atoms with Gasteiger partial charge in [-0.1, -0.05) is 6.08 Å². The minimum Gasteiger partial charge on any atom is -0.314 e. The molecule has 2 heterocycles. The van der Waals surface area contributed by atoms with Gasteiger partial charge < -0.3 is 4.90 Å². The van der Waals surface area contributed by atoms with Crippen LogP contribution in [0.15, 0.2) is 11.6 Å². The van der Waals surface area contributed by atoms with E-state index in [2.05, 4.69) is 4.28 Å². The third kappa shape index (κ3) is 1.66. The molecule has 2 aliphatic rings. The molecule has 2 aliphatic heterocycles. The van der Waals surface area contributed by atoms with Crippen molar-refractivity contribution in [1.29, 1.82) is 0 Å². The highest BCUT2D eigenvalue weighted by molar-refractivity contribution is 7.74. The summed E-state index contributed by atoms with van der Waals surface area (Å²) >= 11 is -2.46. The van der Waals surface area contributed by atoms with Gasteiger partial charge in [0.2, 0.25) is 0 Å². The Hall–Kier alpha value is -0.920. The van der Waals surface area contributed by atoms with E-state index < -0.39 is 11.4 Å². The number of fused-ring (bicyclic) bond motifs is 2. The first-order valence-electron chi connectivity index (χ1n) is 4.58. The molecule has 2 amide bonds. The summed E-state index contributed by atoms with van der Waals surface area (Å²) in [5.41, 5.74) is 0.982. The fourth-order valence-corrected chi connectivity index (χ4v) is 2.31. The monoisotopic (exact) mass is 232 g/mol. The van der Waals surface area contributed by atoms with Gasteiger partial charge in [0, 0.05) is 6.04 Å². The van der Waals surface area contributed by atoms with Gasteiger partial charge in [0.15, 0.2) is 0 Å². The van der Waals surface area contributed by atoms with Crippen LogP contribution >= 0.6 is 0 Å². The van der Waals surface area contributed by atoms with Crippen LogP contribution in [-0.4, -0.2) is 43.4 Å². The quantitative estimate of drug-likeness (QED) is 0.556. The number of urea groups is 1. The maximum absolute atomic E-state index is 11.7. The van der Waals surface area contributed by atoms with Crippen molar-refractivity contribution in [1.82, 2.24) is 9.96 Å². The molecule has 2 unspecified atom stereocenters. The van der Waals surface area contributed by atoms with Gasteiger partial charge in [-0.25, -0.2) is 4.79 Å². The zero-order chi connectivity index (χ0) is 11.2. The molecule has 3 atom stereocenters. The lowest BCUT2D eigenvalue weighted by Crippen LogP contribution is -2.36. The van der Waals surface area contributed by atoms with Crippen molar-refractivity contribution in [2.45, 2.75) is 25.9 Å². The number of rotatable bonds is 2. The normalized spacial score (nSPS) is 31.9. The highest BCUT2D eigenvalue weighted by Gasteiger charge is 2.45. The van der Waals surface area contributed by atoms with Crippen LogP contribution in [0.2, 0.25) is 0 Å². The predicted molar refractivity (Wildman–Crippen MR) is 52.8 cm³/mol. The lowest BCUT2D eigenvalue weighted by atomic mass is 10.0. The number of hydrogen-bond acceptors (Lipinski definition) is 3. The van der Waals surface area contributed by atoms with Crippen LogP contribution in [0.25, 0.3) is 0 Å². The molecular formula is C8H12N2O4S. The lowest BCUT2D eigenvalue weighted by molar-refractivity contribution is -0.0120. The molecule has 0 saturated carbocycles. The van der Waals surface area contributed by atoms with Crippen molar-refractivity contribution in [2.75, 3.05) is 6.54 Å². The maximum atomic E-state index is 11.7. The average Bonchev–Trinajstić information content (AvgIpc) is 2.40. The highest BCUT2D eigenvalue weighted by atomic mass is 32.2. The second-order valence-electron chi connectivity index (χ2n) is 3.72. The van der Waals surface area contributed by atoms with Crippen LogP contribution in [0.5, 0.6) is 0 Å². The van der Waals surface area contributed by atoms with Crippen molar-refractivity contribution in [3.63, 3.8) is 0 Å². The van der Waals surface area contributed by atoms with Crippen LogP contribution in [0, 0.1) is 0 Å². The molecule has 7 heteroatoms. The molecule has 0 aliphatic carbocycles. The van der Waals surface area contributed by atoms with Crippen molar-refractivity contribution < 1.29 is 17.8 Å². The van der Waals surface area contributed by atoms with Crippen molar-refractivity contribution in [3.8, 4) is 0 Å². The molecule has 0 spiro atoms. The van der Waals surface area contributed by atoms with Crippen molar-refractivity contribution in [3.05, 3.63) is 11.6 Å². The molecule has 6 nitrogen and oxygen atoms in total. The van der Waals surface area contributed by atoms with Gasteiger partial charge in [-0.3, -0.25) is 4.55 Å². The SMILES string of the molecule is CC1=C[C@@H](C)N2CC1N(OS(=O)O)C2=O. The molecule has 2 rings (SSSR count). The largest absolute Gasteiger partial charge is 0.346 e. The van der Waals surface area contributed by atoms with E-state index in [9.17, 15) is 9.00 Å². The fraction of sp³-hybridized carbons (Fsp3) is 0.625. The zero-order valence-electron chi connectivity index (χ0n) is 8.41. The first-order chi connectivity index (χ1) is 7.00. The van der Waals surface area contributed by atoms with E-state index in [1.165, 1.54) is 0 Å². The number of hydroxylamine groups is 2. The molecule has 0 aromatic heterocycles. The number of carbonyl (C=O) groups is 1. The van der Waals surface area contributed by atoms with Crippen LogP contribution in [-0.2, 0) is 15.6 Å². The third-order valence-corrected chi connectivity index (χ3v) is 3.04. The van der Waals surface area contributed by atoms with E-state index in [0.717, 1.165) is 10.6 Å². The summed E-state index contributed by atoms with van der Waals surface area (Å²) < 4.78 is 23.7. The summed E-state index contributed by atoms with van der Waals surface area (Å²) in [4.78, 5) is 13.3.